The molecule has 2 fully saturated rings. The minimum atomic E-state index is -0.365. The van der Waals surface area contributed by atoms with E-state index in [1.807, 2.05) is 9.80 Å². The number of nitro groups is 1. The lowest BCUT2D eigenvalue weighted by molar-refractivity contribution is -0.384. The van der Waals surface area contributed by atoms with Crippen LogP contribution < -0.4 is 4.90 Å². The number of anilines is 1. The maximum atomic E-state index is 12.2. The van der Waals surface area contributed by atoms with Gasteiger partial charge in [0.15, 0.2) is 0 Å². The maximum absolute atomic E-state index is 12.2. The summed E-state index contributed by atoms with van der Waals surface area (Å²) in [4.78, 5) is 31.2. The fourth-order valence-electron chi connectivity index (χ4n) is 2.93. The highest BCUT2D eigenvalue weighted by atomic mass is 16.6. The topological polar surface area (TPSA) is 79.6 Å². The molecule has 1 saturated carbocycles. The van der Waals surface area contributed by atoms with Gasteiger partial charge in [0.1, 0.15) is 0 Å². The first kappa shape index (κ1) is 14.7. The minimum Gasteiger partial charge on any atom is -0.349 e. The zero-order valence-electron chi connectivity index (χ0n) is 12.7. The number of carbonyl (C=O) groups excluding carboxylic acids is 1. The van der Waals surface area contributed by atoms with Gasteiger partial charge in [-0.3, -0.25) is 14.9 Å². The molecule has 2 aliphatic rings. The fraction of sp³-hybridized carbons (Fsp3) is 0.600. The number of pyridine rings is 1. The van der Waals surface area contributed by atoms with E-state index in [1.165, 1.54) is 0 Å². The Balaban J connectivity index is 1.77. The second-order valence-electron chi connectivity index (χ2n) is 6.00. The van der Waals surface area contributed by atoms with Gasteiger partial charge in [0.05, 0.1) is 4.92 Å². The summed E-state index contributed by atoms with van der Waals surface area (Å²) in [6.45, 7) is 4.35. The number of aromatic nitrogens is 1. The summed E-state index contributed by atoms with van der Waals surface area (Å²) in [6, 6.07) is 1.66. The van der Waals surface area contributed by atoms with E-state index in [0.29, 0.717) is 31.0 Å². The van der Waals surface area contributed by atoms with E-state index < -0.39 is 0 Å². The van der Waals surface area contributed by atoms with Gasteiger partial charge >= 0.3 is 5.69 Å². The van der Waals surface area contributed by atoms with E-state index in [1.54, 1.807) is 19.2 Å². The van der Waals surface area contributed by atoms with Gasteiger partial charge in [-0.25, -0.2) is 4.98 Å². The monoisotopic (exact) mass is 304 g/mol. The van der Waals surface area contributed by atoms with Crippen LogP contribution in [0.15, 0.2) is 12.3 Å². The number of nitrogens with zero attached hydrogens (tertiary/aromatic N) is 4. The van der Waals surface area contributed by atoms with Crippen LogP contribution in [-0.4, -0.2) is 46.9 Å². The van der Waals surface area contributed by atoms with Crippen LogP contribution in [0.2, 0.25) is 0 Å². The van der Waals surface area contributed by atoms with Crippen molar-refractivity contribution in [2.75, 3.05) is 31.1 Å². The average Bonchev–Trinajstić information content (AvgIpc) is 3.32. The van der Waals surface area contributed by atoms with Crippen molar-refractivity contribution in [1.29, 1.82) is 0 Å². The van der Waals surface area contributed by atoms with Crippen molar-refractivity contribution in [2.24, 2.45) is 5.92 Å². The molecule has 0 bridgehead atoms. The third-order valence-corrected chi connectivity index (χ3v) is 4.32. The molecular formula is C15H20N4O3. The molecule has 1 amide bonds. The lowest BCUT2D eigenvalue weighted by Crippen LogP contribution is -2.36. The van der Waals surface area contributed by atoms with Gasteiger partial charge in [-0.1, -0.05) is 0 Å². The first-order valence-electron chi connectivity index (χ1n) is 7.71. The van der Waals surface area contributed by atoms with Crippen molar-refractivity contribution < 1.29 is 9.72 Å². The highest BCUT2D eigenvalue weighted by molar-refractivity contribution is 5.81. The Morgan fingerprint density at radius 2 is 2.09 bits per heavy atom. The van der Waals surface area contributed by atoms with Crippen LogP contribution in [0.5, 0.6) is 0 Å². The average molecular weight is 304 g/mol. The SMILES string of the molecule is Cc1ccnc(N2CCCN(C(=O)C3CC3)CC2)c1[N+](=O)[O-]. The third-order valence-electron chi connectivity index (χ3n) is 4.32. The first-order valence-corrected chi connectivity index (χ1v) is 7.71. The molecule has 3 rings (SSSR count). The van der Waals surface area contributed by atoms with Gasteiger partial charge in [0.25, 0.3) is 0 Å². The second-order valence-corrected chi connectivity index (χ2v) is 6.00. The summed E-state index contributed by atoms with van der Waals surface area (Å²) >= 11 is 0. The molecule has 0 aromatic carbocycles. The molecule has 118 valence electrons. The van der Waals surface area contributed by atoms with E-state index in [0.717, 1.165) is 25.8 Å². The molecule has 0 N–H and O–H groups in total. The van der Waals surface area contributed by atoms with Crippen LogP contribution in [0.25, 0.3) is 0 Å². The normalized spacial score (nSPS) is 19.0. The fourth-order valence-corrected chi connectivity index (χ4v) is 2.93. The summed E-state index contributed by atoms with van der Waals surface area (Å²) in [5.41, 5.74) is 0.689. The molecule has 22 heavy (non-hydrogen) atoms. The molecular weight excluding hydrogens is 284 g/mol. The van der Waals surface area contributed by atoms with E-state index in [2.05, 4.69) is 4.98 Å². The van der Waals surface area contributed by atoms with Gasteiger partial charge in [0, 0.05) is 43.9 Å². The Labute approximate surface area is 129 Å². The van der Waals surface area contributed by atoms with Gasteiger partial charge in [-0.15, -0.1) is 0 Å². The van der Waals surface area contributed by atoms with Gasteiger partial charge in [-0.2, -0.15) is 0 Å². The number of carbonyl (C=O) groups is 1. The molecule has 0 radical (unpaired) electrons. The molecule has 7 heteroatoms. The van der Waals surface area contributed by atoms with Crippen LogP contribution in [0.4, 0.5) is 11.5 Å². The summed E-state index contributed by atoms with van der Waals surface area (Å²) in [7, 11) is 0. The van der Waals surface area contributed by atoms with Crippen LogP contribution in [-0.2, 0) is 4.79 Å². The molecule has 0 spiro atoms. The second kappa shape index (κ2) is 5.90. The summed E-state index contributed by atoms with van der Waals surface area (Å²) in [5.74, 6) is 0.886. The molecule has 0 atom stereocenters. The van der Waals surface area contributed by atoms with Crippen molar-refractivity contribution >= 4 is 17.4 Å². The minimum absolute atomic E-state index is 0.0736. The van der Waals surface area contributed by atoms with Crippen molar-refractivity contribution in [1.82, 2.24) is 9.88 Å². The van der Waals surface area contributed by atoms with E-state index in [4.69, 9.17) is 0 Å². The predicted molar refractivity (Wildman–Crippen MR) is 81.8 cm³/mol. The Bertz CT molecular complexity index is 600. The van der Waals surface area contributed by atoms with Crippen LogP contribution in [0, 0.1) is 23.0 Å². The van der Waals surface area contributed by atoms with Gasteiger partial charge < -0.3 is 9.80 Å². The predicted octanol–water partition coefficient (Wildman–Crippen LogP) is 1.75. The Morgan fingerprint density at radius 3 is 2.77 bits per heavy atom. The number of rotatable bonds is 3. The van der Waals surface area contributed by atoms with Crippen molar-refractivity contribution in [3.63, 3.8) is 0 Å². The molecule has 0 unspecified atom stereocenters. The van der Waals surface area contributed by atoms with Crippen molar-refractivity contribution in [3.8, 4) is 0 Å². The zero-order chi connectivity index (χ0) is 15.7. The highest BCUT2D eigenvalue weighted by Gasteiger charge is 2.34. The van der Waals surface area contributed by atoms with E-state index in [9.17, 15) is 14.9 Å². The van der Waals surface area contributed by atoms with Crippen LogP contribution in [0.3, 0.4) is 0 Å². The molecule has 2 heterocycles. The zero-order valence-corrected chi connectivity index (χ0v) is 12.7. The first-order chi connectivity index (χ1) is 10.6. The molecule has 1 aliphatic carbocycles. The van der Waals surface area contributed by atoms with Gasteiger partial charge in [0.2, 0.25) is 11.7 Å². The van der Waals surface area contributed by atoms with Gasteiger partial charge in [-0.05, 0) is 32.3 Å². The maximum Gasteiger partial charge on any atom is 0.314 e. The van der Waals surface area contributed by atoms with E-state index in [-0.39, 0.29) is 22.4 Å². The molecule has 1 aliphatic heterocycles. The number of aryl methyl sites for hydroxylation is 1. The summed E-state index contributed by atoms with van der Waals surface area (Å²) in [5, 5.41) is 11.3. The number of hydrogen-bond donors (Lipinski definition) is 0. The molecule has 1 saturated heterocycles. The quantitative estimate of drug-likeness (QED) is 0.628. The smallest absolute Gasteiger partial charge is 0.314 e. The molecule has 1 aromatic heterocycles. The van der Waals surface area contributed by atoms with Crippen molar-refractivity contribution in [2.45, 2.75) is 26.2 Å². The molecule has 1 aromatic rings. The standard InChI is InChI=1S/C15H20N4O3/c1-11-5-6-16-14(13(11)19(21)22)17-7-2-8-18(10-9-17)15(20)12-3-4-12/h5-6,12H,2-4,7-10H2,1H3. The largest absolute Gasteiger partial charge is 0.349 e. The lowest BCUT2D eigenvalue weighted by Gasteiger charge is -2.23. The Hall–Kier alpha value is -2.18. The Kier molecular flexibility index (Phi) is 3.96. The summed E-state index contributed by atoms with van der Waals surface area (Å²) in [6.07, 6.45) is 4.43. The van der Waals surface area contributed by atoms with Crippen LogP contribution >= 0.6 is 0 Å². The van der Waals surface area contributed by atoms with E-state index >= 15 is 0 Å². The third kappa shape index (κ3) is 2.88. The highest BCUT2D eigenvalue weighted by Crippen LogP contribution is 2.32. The Morgan fingerprint density at radius 1 is 1.32 bits per heavy atom. The van der Waals surface area contributed by atoms with Crippen LogP contribution in [0.1, 0.15) is 24.8 Å². The van der Waals surface area contributed by atoms with Crippen molar-refractivity contribution in [3.05, 3.63) is 27.9 Å². The number of amides is 1. The lowest BCUT2D eigenvalue weighted by atomic mass is 10.2. The number of hydrogen-bond acceptors (Lipinski definition) is 5. The summed E-state index contributed by atoms with van der Waals surface area (Å²) < 4.78 is 0. The molecule has 7 nitrogen and oxygen atoms in total.